The summed E-state index contributed by atoms with van der Waals surface area (Å²) in [5.74, 6) is -0.881. The first-order valence-corrected chi connectivity index (χ1v) is 9.53. The van der Waals surface area contributed by atoms with E-state index in [0.717, 1.165) is 16.8 Å². The molecule has 0 atom stereocenters. The lowest BCUT2D eigenvalue weighted by molar-refractivity contribution is -0.115. The van der Waals surface area contributed by atoms with E-state index in [1.165, 1.54) is 13.1 Å². The van der Waals surface area contributed by atoms with Gasteiger partial charge in [0.1, 0.15) is 11.3 Å². The first-order valence-electron chi connectivity index (χ1n) is 9.53. The van der Waals surface area contributed by atoms with Crippen LogP contribution in [0.1, 0.15) is 58.4 Å². The number of hydrogen-bond donors (Lipinski definition) is 2. The Balaban J connectivity index is 1.86. The summed E-state index contributed by atoms with van der Waals surface area (Å²) in [5.41, 5.74) is 3.31. The molecule has 2 N–H and O–H groups in total. The van der Waals surface area contributed by atoms with Crippen LogP contribution in [-0.4, -0.2) is 35.4 Å². The SMILES string of the molecule is CNC(=O)c1cc(C(=O)OC(C)(C)C)cc(CCc2cccc3c2CC(=O)N3)n1. The van der Waals surface area contributed by atoms with Crippen molar-refractivity contribution < 1.29 is 19.1 Å². The number of amides is 2. The minimum absolute atomic E-state index is 0.0144. The van der Waals surface area contributed by atoms with E-state index >= 15 is 0 Å². The second kappa shape index (κ2) is 8.03. The van der Waals surface area contributed by atoms with Gasteiger partial charge in [-0.3, -0.25) is 9.59 Å². The van der Waals surface area contributed by atoms with Crippen molar-refractivity contribution in [1.82, 2.24) is 10.3 Å². The van der Waals surface area contributed by atoms with Crippen LogP contribution in [0, 0.1) is 0 Å². The summed E-state index contributed by atoms with van der Waals surface area (Å²) in [4.78, 5) is 40.7. The lowest BCUT2D eigenvalue weighted by atomic mass is 9.99. The number of hydrogen-bond acceptors (Lipinski definition) is 5. The monoisotopic (exact) mass is 395 g/mol. The van der Waals surface area contributed by atoms with Crippen LogP contribution in [0.25, 0.3) is 0 Å². The van der Waals surface area contributed by atoms with E-state index < -0.39 is 11.6 Å². The average Bonchev–Trinajstić information content (AvgIpc) is 3.04. The van der Waals surface area contributed by atoms with E-state index in [9.17, 15) is 14.4 Å². The standard InChI is InChI=1S/C22H25N3O4/c1-22(2,3)29-21(28)14-10-15(24-18(11-14)20(27)23-4)9-8-13-6-5-7-17-16(13)12-19(26)25-17/h5-7,10-11H,8-9,12H2,1-4H3,(H,23,27)(H,25,26). The van der Waals surface area contributed by atoms with Gasteiger partial charge in [-0.15, -0.1) is 0 Å². The van der Waals surface area contributed by atoms with Crippen LogP contribution in [-0.2, 0) is 28.8 Å². The third kappa shape index (κ3) is 4.99. The summed E-state index contributed by atoms with van der Waals surface area (Å²) in [6, 6.07) is 8.87. The maximum atomic E-state index is 12.5. The third-order valence-corrected chi connectivity index (χ3v) is 4.51. The van der Waals surface area contributed by atoms with Gasteiger partial charge in [0.2, 0.25) is 5.91 Å². The summed E-state index contributed by atoms with van der Waals surface area (Å²) in [6.07, 6.45) is 1.52. The highest BCUT2D eigenvalue weighted by Crippen LogP contribution is 2.27. The van der Waals surface area contributed by atoms with Gasteiger partial charge in [0.25, 0.3) is 5.91 Å². The quantitative estimate of drug-likeness (QED) is 0.759. The number of fused-ring (bicyclic) bond motifs is 1. The molecule has 2 aromatic rings. The largest absolute Gasteiger partial charge is 0.456 e. The Morgan fingerprint density at radius 1 is 1.21 bits per heavy atom. The molecule has 0 fully saturated rings. The average molecular weight is 395 g/mol. The van der Waals surface area contributed by atoms with E-state index in [1.54, 1.807) is 26.8 Å². The van der Waals surface area contributed by atoms with Gasteiger partial charge in [0.05, 0.1) is 12.0 Å². The smallest absolute Gasteiger partial charge is 0.338 e. The number of carbonyl (C=O) groups excluding carboxylic acids is 3. The molecule has 1 aliphatic rings. The molecule has 29 heavy (non-hydrogen) atoms. The van der Waals surface area contributed by atoms with Gasteiger partial charge in [0, 0.05) is 18.4 Å². The molecule has 0 unspecified atom stereocenters. The number of rotatable bonds is 5. The predicted molar refractivity (Wildman–Crippen MR) is 109 cm³/mol. The molecule has 152 valence electrons. The maximum Gasteiger partial charge on any atom is 0.338 e. The Kier molecular flexibility index (Phi) is 5.68. The minimum Gasteiger partial charge on any atom is -0.456 e. The molecule has 0 aliphatic carbocycles. The molecule has 0 saturated heterocycles. The molecular weight excluding hydrogens is 370 g/mol. The molecule has 0 saturated carbocycles. The maximum absolute atomic E-state index is 12.5. The number of nitrogens with zero attached hydrogens (tertiary/aromatic N) is 1. The Morgan fingerprint density at radius 2 is 1.97 bits per heavy atom. The van der Waals surface area contributed by atoms with E-state index in [4.69, 9.17) is 4.74 Å². The lowest BCUT2D eigenvalue weighted by Crippen LogP contribution is -2.25. The molecule has 7 heteroatoms. The third-order valence-electron chi connectivity index (χ3n) is 4.51. The number of esters is 1. The molecule has 1 aliphatic heterocycles. The molecular formula is C22H25N3O4. The first kappa shape index (κ1) is 20.5. The van der Waals surface area contributed by atoms with E-state index in [0.29, 0.717) is 30.5 Å². The van der Waals surface area contributed by atoms with Crippen LogP contribution >= 0.6 is 0 Å². The second-order valence-corrected chi connectivity index (χ2v) is 7.98. The summed E-state index contributed by atoms with van der Waals surface area (Å²) in [7, 11) is 1.51. The van der Waals surface area contributed by atoms with E-state index in [2.05, 4.69) is 15.6 Å². The van der Waals surface area contributed by atoms with Gasteiger partial charge in [-0.25, -0.2) is 9.78 Å². The van der Waals surface area contributed by atoms with Gasteiger partial charge < -0.3 is 15.4 Å². The van der Waals surface area contributed by atoms with E-state index in [1.807, 2.05) is 18.2 Å². The number of benzene rings is 1. The highest BCUT2D eigenvalue weighted by atomic mass is 16.6. The van der Waals surface area contributed by atoms with Crippen molar-refractivity contribution in [3.05, 3.63) is 58.4 Å². The molecule has 3 rings (SSSR count). The van der Waals surface area contributed by atoms with Crippen molar-refractivity contribution in [2.45, 2.75) is 45.6 Å². The molecule has 1 aromatic heterocycles. The van der Waals surface area contributed by atoms with Crippen LogP contribution < -0.4 is 10.6 Å². The number of pyridine rings is 1. The van der Waals surface area contributed by atoms with Gasteiger partial charge in [0.15, 0.2) is 0 Å². The number of anilines is 1. The Morgan fingerprint density at radius 3 is 2.66 bits per heavy atom. The topological polar surface area (TPSA) is 97.4 Å². The van der Waals surface area contributed by atoms with Crippen LogP contribution in [0.3, 0.4) is 0 Å². The van der Waals surface area contributed by atoms with Crippen molar-refractivity contribution in [3.63, 3.8) is 0 Å². The van der Waals surface area contributed by atoms with Crippen molar-refractivity contribution in [2.24, 2.45) is 0 Å². The summed E-state index contributed by atoms with van der Waals surface area (Å²) in [6.45, 7) is 5.37. The number of aryl methyl sites for hydroxylation is 2. The van der Waals surface area contributed by atoms with Gasteiger partial charge >= 0.3 is 5.97 Å². The molecule has 1 aromatic carbocycles. The number of aromatic nitrogens is 1. The lowest BCUT2D eigenvalue weighted by Gasteiger charge is -2.20. The summed E-state index contributed by atoms with van der Waals surface area (Å²) < 4.78 is 5.44. The summed E-state index contributed by atoms with van der Waals surface area (Å²) >= 11 is 0. The fourth-order valence-corrected chi connectivity index (χ4v) is 3.23. The van der Waals surface area contributed by atoms with Crippen LogP contribution in [0.5, 0.6) is 0 Å². The molecule has 2 amide bonds. The highest BCUT2D eigenvalue weighted by Gasteiger charge is 2.22. The van der Waals surface area contributed by atoms with Crippen molar-refractivity contribution in [3.8, 4) is 0 Å². The first-order chi connectivity index (χ1) is 13.7. The van der Waals surface area contributed by atoms with Crippen LogP contribution in [0.2, 0.25) is 0 Å². The van der Waals surface area contributed by atoms with Gasteiger partial charge in [-0.05, 0) is 62.9 Å². The van der Waals surface area contributed by atoms with Crippen molar-refractivity contribution in [1.29, 1.82) is 0 Å². The molecule has 0 bridgehead atoms. The Bertz CT molecular complexity index is 977. The van der Waals surface area contributed by atoms with Gasteiger partial charge in [-0.2, -0.15) is 0 Å². The summed E-state index contributed by atoms with van der Waals surface area (Å²) in [5, 5.41) is 5.38. The number of nitrogens with one attached hydrogen (secondary N) is 2. The second-order valence-electron chi connectivity index (χ2n) is 7.98. The molecule has 0 spiro atoms. The molecule has 2 heterocycles. The van der Waals surface area contributed by atoms with Crippen molar-refractivity contribution >= 4 is 23.5 Å². The predicted octanol–water partition coefficient (Wildman–Crippen LogP) is 2.68. The number of carbonyl (C=O) groups is 3. The highest BCUT2D eigenvalue weighted by molar-refractivity contribution is 5.99. The zero-order chi connectivity index (χ0) is 21.2. The normalized spacial score (nSPS) is 12.9. The zero-order valence-corrected chi connectivity index (χ0v) is 17.1. The Labute approximate surface area is 169 Å². The molecule has 7 nitrogen and oxygen atoms in total. The van der Waals surface area contributed by atoms with Gasteiger partial charge in [-0.1, -0.05) is 12.1 Å². The van der Waals surface area contributed by atoms with E-state index in [-0.39, 0.29) is 17.5 Å². The van der Waals surface area contributed by atoms with Crippen LogP contribution in [0.15, 0.2) is 30.3 Å². The van der Waals surface area contributed by atoms with Crippen molar-refractivity contribution in [2.75, 3.05) is 12.4 Å². The van der Waals surface area contributed by atoms with Crippen LogP contribution in [0.4, 0.5) is 5.69 Å². The Hall–Kier alpha value is -3.22. The number of ether oxygens (including phenoxy) is 1. The minimum atomic E-state index is -0.641. The fourth-order valence-electron chi connectivity index (χ4n) is 3.23. The zero-order valence-electron chi connectivity index (χ0n) is 17.1. The molecule has 0 radical (unpaired) electrons. The fraction of sp³-hybridized carbons (Fsp3) is 0.364.